The van der Waals surface area contributed by atoms with Crippen LogP contribution in [0.2, 0.25) is 0 Å². The van der Waals surface area contributed by atoms with Crippen molar-refractivity contribution in [3.05, 3.63) is 49.4 Å². The SMILES string of the molecule is CCOC(=O)C(C#N)=c1sc(=CNc2cccc(CN3CCNCC3)c2)c(=O)n1CC. The zero-order chi connectivity index (χ0) is 22.2. The summed E-state index contributed by atoms with van der Waals surface area (Å²) < 4.78 is 7.12. The molecule has 0 saturated carbocycles. The van der Waals surface area contributed by atoms with Crippen LogP contribution in [0.1, 0.15) is 19.4 Å². The van der Waals surface area contributed by atoms with Gasteiger partial charge in [-0.05, 0) is 31.5 Å². The molecule has 8 nitrogen and oxygen atoms in total. The lowest BCUT2D eigenvalue weighted by Crippen LogP contribution is -2.42. The summed E-state index contributed by atoms with van der Waals surface area (Å²) in [5.41, 5.74) is 1.67. The second-order valence-electron chi connectivity index (χ2n) is 7.04. The van der Waals surface area contributed by atoms with Crippen molar-refractivity contribution in [1.82, 2.24) is 14.8 Å². The monoisotopic (exact) mass is 441 g/mol. The lowest BCUT2D eigenvalue weighted by Gasteiger charge is -2.27. The number of nitrogens with zero attached hydrogens (tertiary/aromatic N) is 3. The van der Waals surface area contributed by atoms with E-state index in [-0.39, 0.29) is 17.7 Å². The molecule has 0 aliphatic carbocycles. The molecule has 1 fully saturated rings. The van der Waals surface area contributed by atoms with Crippen molar-refractivity contribution in [3.8, 4) is 6.07 Å². The molecule has 2 heterocycles. The summed E-state index contributed by atoms with van der Waals surface area (Å²) in [5, 5.41) is 16.0. The van der Waals surface area contributed by atoms with Crippen LogP contribution in [-0.4, -0.2) is 48.2 Å². The third-order valence-corrected chi connectivity index (χ3v) is 6.07. The van der Waals surface area contributed by atoms with Crippen LogP contribution in [-0.2, 0) is 22.6 Å². The molecule has 0 atom stereocenters. The number of carbonyl (C=O) groups is 1. The number of rotatable bonds is 7. The van der Waals surface area contributed by atoms with Gasteiger partial charge in [0.1, 0.15) is 15.3 Å². The number of thiazole rings is 1. The van der Waals surface area contributed by atoms with Gasteiger partial charge in [-0.1, -0.05) is 12.1 Å². The van der Waals surface area contributed by atoms with E-state index in [0.29, 0.717) is 15.7 Å². The highest BCUT2D eigenvalue weighted by atomic mass is 32.1. The summed E-state index contributed by atoms with van der Waals surface area (Å²) in [4.78, 5) is 27.3. The molecule has 1 aliphatic rings. The Kier molecular flexibility index (Phi) is 8.00. The van der Waals surface area contributed by atoms with E-state index in [1.54, 1.807) is 20.0 Å². The molecular weight excluding hydrogens is 414 g/mol. The van der Waals surface area contributed by atoms with Gasteiger partial charge in [0.25, 0.3) is 5.56 Å². The number of esters is 1. The molecule has 2 N–H and O–H groups in total. The zero-order valence-corrected chi connectivity index (χ0v) is 18.6. The Morgan fingerprint density at radius 1 is 1.35 bits per heavy atom. The van der Waals surface area contributed by atoms with Crippen molar-refractivity contribution in [3.63, 3.8) is 0 Å². The summed E-state index contributed by atoms with van der Waals surface area (Å²) >= 11 is 1.11. The number of hydrogen-bond donors (Lipinski definition) is 2. The van der Waals surface area contributed by atoms with Crippen LogP contribution in [0.3, 0.4) is 0 Å². The molecule has 2 aromatic rings. The maximum atomic E-state index is 12.8. The number of carbonyl (C=O) groups excluding carboxylic acids is 1. The lowest BCUT2D eigenvalue weighted by molar-refractivity contribution is -0.136. The number of nitriles is 1. The fourth-order valence-electron chi connectivity index (χ4n) is 3.41. The molecule has 0 unspecified atom stereocenters. The Morgan fingerprint density at radius 2 is 2.13 bits per heavy atom. The van der Waals surface area contributed by atoms with Crippen LogP contribution in [0, 0.1) is 11.3 Å². The standard InChI is InChI=1S/C22H27N5O3S/c1-3-27-20(28)19(31-21(27)18(13-23)22(29)30-4-2)14-25-17-7-5-6-16(12-17)15-26-10-8-24-9-11-26/h5-7,12,14,24-25H,3-4,8-11,15H2,1-2H3. The quantitative estimate of drug-likeness (QED) is 0.601. The largest absolute Gasteiger partial charge is 0.462 e. The van der Waals surface area contributed by atoms with Gasteiger partial charge in [-0.2, -0.15) is 5.26 Å². The van der Waals surface area contributed by atoms with Gasteiger partial charge in [-0.15, -0.1) is 11.3 Å². The normalized spacial score (nSPS) is 16.0. The number of aromatic nitrogens is 1. The minimum atomic E-state index is -0.714. The summed E-state index contributed by atoms with van der Waals surface area (Å²) in [7, 11) is 0. The molecule has 164 valence electrons. The first-order chi connectivity index (χ1) is 15.1. The molecule has 1 aromatic carbocycles. The van der Waals surface area contributed by atoms with Crippen molar-refractivity contribution in [1.29, 1.82) is 5.26 Å². The summed E-state index contributed by atoms with van der Waals surface area (Å²) in [6.07, 6.45) is 1.63. The van der Waals surface area contributed by atoms with Crippen molar-refractivity contribution >= 4 is 34.8 Å². The fourth-order valence-corrected chi connectivity index (χ4v) is 4.49. The first-order valence-electron chi connectivity index (χ1n) is 10.4. The number of ether oxygens (including phenoxy) is 1. The van der Waals surface area contributed by atoms with Crippen LogP contribution in [0.15, 0.2) is 29.1 Å². The highest BCUT2D eigenvalue weighted by Crippen LogP contribution is 2.13. The average Bonchev–Trinajstić information content (AvgIpc) is 3.09. The van der Waals surface area contributed by atoms with E-state index in [2.05, 4.69) is 27.7 Å². The molecule has 0 bridgehead atoms. The van der Waals surface area contributed by atoms with Crippen molar-refractivity contribution in [2.24, 2.45) is 0 Å². The van der Waals surface area contributed by atoms with E-state index in [0.717, 1.165) is 49.7 Å². The maximum Gasteiger partial charge on any atom is 0.351 e. The van der Waals surface area contributed by atoms with Crippen LogP contribution in [0.5, 0.6) is 0 Å². The molecule has 1 saturated heterocycles. The molecule has 1 aromatic heterocycles. The highest BCUT2D eigenvalue weighted by molar-refractivity contribution is 7.07. The van der Waals surface area contributed by atoms with Gasteiger partial charge in [0, 0.05) is 51.2 Å². The van der Waals surface area contributed by atoms with Gasteiger partial charge >= 0.3 is 5.97 Å². The minimum Gasteiger partial charge on any atom is -0.462 e. The average molecular weight is 442 g/mol. The Bertz CT molecular complexity index is 1140. The first-order valence-corrected chi connectivity index (χ1v) is 11.2. The summed E-state index contributed by atoms with van der Waals surface area (Å²) in [6.45, 7) is 8.92. The molecule has 31 heavy (non-hydrogen) atoms. The van der Waals surface area contributed by atoms with Crippen molar-refractivity contribution in [2.45, 2.75) is 26.9 Å². The number of hydrogen-bond acceptors (Lipinski definition) is 8. The predicted octanol–water partition coefficient (Wildman–Crippen LogP) is 0.422. The topological polar surface area (TPSA) is 99.4 Å². The zero-order valence-electron chi connectivity index (χ0n) is 17.8. The molecule has 0 radical (unpaired) electrons. The lowest BCUT2D eigenvalue weighted by atomic mass is 10.2. The molecule has 0 amide bonds. The van der Waals surface area contributed by atoms with Gasteiger partial charge in [0.15, 0.2) is 5.57 Å². The van der Waals surface area contributed by atoms with E-state index in [9.17, 15) is 14.9 Å². The van der Waals surface area contributed by atoms with Gasteiger partial charge < -0.3 is 15.4 Å². The molecule has 1 aliphatic heterocycles. The number of benzene rings is 1. The van der Waals surface area contributed by atoms with E-state index in [1.807, 2.05) is 18.2 Å². The van der Waals surface area contributed by atoms with Crippen molar-refractivity contribution < 1.29 is 9.53 Å². The minimum absolute atomic E-state index is 0.150. The van der Waals surface area contributed by atoms with E-state index >= 15 is 0 Å². The van der Waals surface area contributed by atoms with Gasteiger partial charge in [0.05, 0.1) is 6.61 Å². The number of piperazine rings is 1. The van der Waals surface area contributed by atoms with Gasteiger partial charge in [0.2, 0.25) is 0 Å². The molecule has 0 spiro atoms. The second kappa shape index (κ2) is 10.9. The summed E-state index contributed by atoms with van der Waals surface area (Å²) in [5.74, 6) is -0.714. The van der Waals surface area contributed by atoms with Gasteiger partial charge in [-0.3, -0.25) is 14.3 Å². The Balaban J connectivity index is 1.89. The maximum absolute atomic E-state index is 12.8. The van der Waals surface area contributed by atoms with Crippen molar-refractivity contribution in [2.75, 3.05) is 38.1 Å². The summed E-state index contributed by atoms with van der Waals surface area (Å²) in [6, 6.07) is 9.97. The fraction of sp³-hybridized carbons (Fsp3) is 0.409. The van der Waals surface area contributed by atoms with Crippen LogP contribution >= 0.6 is 11.3 Å². The highest BCUT2D eigenvalue weighted by Gasteiger charge is 2.16. The first kappa shape index (κ1) is 22.7. The Morgan fingerprint density at radius 3 is 2.81 bits per heavy atom. The van der Waals surface area contributed by atoms with E-state index < -0.39 is 5.97 Å². The Hall–Kier alpha value is -2.93. The molecule has 3 rings (SSSR count). The smallest absolute Gasteiger partial charge is 0.351 e. The molecular formula is C22H27N5O3S. The number of anilines is 1. The second-order valence-corrected chi connectivity index (χ2v) is 8.07. The Labute approximate surface area is 185 Å². The van der Waals surface area contributed by atoms with E-state index in [1.165, 1.54) is 10.1 Å². The van der Waals surface area contributed by atoms with Crippen LogP contribution < -0.4 is 25.4 Å². The van der Waals surface area contributed by atoms with Crippen LogP contribution in [0.4, 0.5) is 5.69 Å². The van der Waals surface area contributed by atoms with E-state index in [4.69, 9.17) is 4.74 Å². The van der Waals surface area contributed by atoms with Gasteiger partial charge in [-0.25, -0.2) is 4.79 Å². The predicted molar refractivity (Wildman–Crippen MR) is 122 cm³/mol. The third-order valence-electron chi connectivity index (χ3n) is 4.94. The van der Waals surface area contributed by atoms with Crippen LogP contribution in [0.25, 0.3) is 11.8 Å². The number of nitrogens with one attached hydrogen (secondary N) is 2. The molecule has 9 heteroatoms. The third kappa shape index (κ3) is 5.61.